The molecule has 29 heavy (non-hydrogen) atoms. The fraction of sp³-hybridized carbons (Fsp3) is 0.857. The van der Waals surface area contributed by atoms with Crippen LogP contribution in [0.3, 0.4) is 0 Å². The number of likely N-dealkylation sites (tertiary alicyclic amines) is 2. The summed E-state index contributed by atoms with van der Waals surface area (Å²) < 4.78 is 2.04. The average Bonchev–Trinajstić information content (AvgIpc) is 3.46. The summed E-state index contributed by atoms with van der Waals surface area (Å²) in [5.74, 6) is 0.745. The Morgan fingerprint density at radius 2 is 2.00 bits per heavy atom. The molecule has 1 aromatic rings. The third-order valence-corrected chi connectivity index (χ3v) is 7.54. The Bertz CT molecular complexity index is 739. The Morgan fingerprint density at radius 3 is 2.76 bits per heavy atom. The van der Waals surface area contributed by atoms with E-state index in [1.54, 1.807) is 0 Å². The lowest BCUT2D eigenvalue weighted by Crippen LogP contribution is -2.50. The van der Waals surface area contributed by atoms with Crippen LogP contribution in [0.1, 0.15) is 64.1 Å². The van der Waals surface area contributed by atoms with Crippen LogP contribution in [0.5, 0.6) is 0 Å². The van der Waals surface area contributed by atoms with Gasteiger partial charge in [0.2, 0.25) is 5.91 Å². The van der Waals surface area contributed by atoms with Crippen molar-refractivity contribution in [3.63, 3.8) is 0 Å². The molecule has 3 aliphatic heterocycles. The molecule has 3 atom stereocenters. The van der Waals surface area contributed by atoms with Gasteiger partial charge in [-0.3, -0.25) is 15.1 Å². The summed E-state index contributed by atoms with van der Waals surface area (Å²) in [4.78, 5) is 17.6. The van der Waals surface area contributed by atoms with E-state index in [0.29, 0.717) is 23.4 Å². The van der Waals surface area contributed by atoms with Crippen LogP contribution >= 0.6 is 0 Å². The largest absolute Gasteiger partial charge is 0.341 e. The summed E-state index contributed by atoms with van der Waals surface area (Å²) in [5.41, 5.74) is 8.08. The molecule has 1 aliphatic carbocycles. The zero-order chi connectivity index (χ0) is 20.0. The van der Waals surface area contributed by atoms with Crippen LogP contribution in [-0.4, -0.2) is 69.0 Å². The van der Waals surface area contributed by atoms with Gasteiger partial charge in [-0.15, -0.1) is 5.10 Å². The van der Waals surface area contributed by atoms with Crippen molar-refractivity contribution in [2.75, 3.05) is 26.2 Å². The molecule has 4 fully saturated rings. The maximum Gasteiger partial charge on any atom is 0.241 e. The van der Waals surface area contributed by atoms with Gasteiger partial charge in [0, 0.05) is 38.1 Å². The number of fused-ring (bicyclic) bond motifs is 1. The molecule has 0 spiro atoms. The van der Waals surface area contributed by atoms with Gasteiger partial charge < -0.3 is 4.90 Å². The van der Waals surface area contributed by atoms with E-state index in [-0.39, 0.29) is 11.9 Å². The minimum Gasteiger partial charge on any atom is -0.341 e. The molecule has 4 heterocycles. The Morgan fingerprint density at radius 1 is 1.17 bits per heavy atom. The van der Waals surface area contributed by atoms with Crippen molar-refractivity contribution in [3.05, 3.63) is 11.9 Å². The molecule has 8 heteroatoms. The molecular formula is C21H35N7O. The topological polar surface area (TPSA) is 78.3 Å². The normalized spacial score (nSPS) is 32.8. The quantitative estimate of drug-likeness (QED) is 0.792. The first-order valence-electron chi connectivity index (χ1n) is 11.4. The number of rotatable bonds is 4. The van der Waals surface area contributed by atoms with E-state index in [9.17, 15) is 4.79 Å². The van der Waals surface area contributed by atoms with Gasteiger partial charge in [-0.25, -0.2) is 10.1 Å². The highest BCUT2D eigenvalue weighted by Crippen LogP contribution is 2.33. The molecular weight excluding hydrogens is 366 g/mol. The summed E-state index contributed by atoms with van der Waals surface area (Å²) in [6.45, 7) is 9.47. The Balaban J connectivity index is 1.13. The second kappa shape index (κ2) is 7.63. The fourth-order valence-corrected chi connectivity index (χ4v) is 5.82. The average molecular weight is 402 g/mol. The zero-order valence-electron chi connectivity index (χ0n) is 17.8. The van der Waals surface area contributed by atoms with Crippen molar-refractivity contribution >= 4 is 5.91 Å². The Kier molecular flexibility index (Phi) is 5.12. The summed E-state index contributed by atoms with van der Waals surface area (Å²) in [6.07, 6.45) is 8.87. The molecule has 3 saturated heterocycles. The molecule has 0 aromatic carbocycles. The summed E-state index contributed by atoms with van der Waals surface area (Å²) >= 11 is 0. The third-order valence-electron chi connectivity index (χ3n) is 7.54. The number of hydrogen-bond acceptors (Lipinski definition) is 6. The molecule has 5 rings (SSSR count). The number of nitrogens with zero attached hydrogens (tertiary/aromatic N) is 5. The van der Waals surface area contributed by atoms with Gasteiger partial charge in [0.15, 0.2) is 0 Å². The smallest absolute Gasteiger partial charge is 0.241 e. The number of carbonyl (C=O) groups excluding carboxylic acids is 1. The monoisotopic (exact) mass is 401 g/mol. The SMILES string of the molecule is CC1(C)CCN(Cc2cn(C3CCN(C(=O)C4NNC5CCCC54)CC3)nn2)C1. The minimum atomic E-state index is -0.0401. The number of hydrogen-bond donors (Lipinski definition) is 2. The van der Waals surface area contributed by atoms with Crippen LogP contribution in [0.15, 0.2) is 6.20 Å². The predicted molar refractivity (Wildman–Crippen MR) is 110 cm³/mol. The van der Waals surface area contributed by atoms with E-state index < -0.39 is 0 Å². The standard InChI is InChI=1S/C21H35N7O/c1-21(2)8-11-26(14-21)12-15-13-28(25-22-15)16-6-9-27(10-7-16)20(29)19-17-4-3-5-18(17)23-24-19/h13,16-19,23-24H,3-12,14H2,1-2H3. The number of amides is 1. The molecule has 1 aromatic heterocycles. The highest BCUT2D eigenvalue weighted by molar-refractivity contribution is 5.82. The van der Waals surface area contributed by atoms with Crippen LogP contribution in [0.2, 0.25) is 0 Å². The third kappa shape index (κ3) is 3.94. The van der Waals surface area contributed by atoms with Gasteiger partial charge in [-0.1, -0.05) is 25.5 Å². The van der Waals surface area contributed by atoms with Gasteiger partial charge >= 0.3 is 0 Å². The van der Waals surface area contributed by atoms with Crippen molar-refractivity contribution in [1.29, 1.82) is 0 Å². The molecule has 4 aliphatic rings. The zero-order valence-corrected chi connectivity index (χ0v) is 17.8. The van der Waals surface area contributed by atoms with E-state index in [4.69, 9.17) is 0 Å². The first-order chi connectivity index (χ1) is 14.0. The van der Waals surface area contributed by atoms with E-state index in [1.807, 2.05) is 4.68 Å². The Hall–Kier alpha value is -1.51. The molecule has 160 valence electrons. The number of carbonyl (C=O) groups is 1. The van der Waals surface area contributed by atoms with Crippen molar-refractivity contribution in [1.82, 2.24) is 35.6 Å². The maximum absolute atomic E-state index is 13.0. The summed E-state index contributed by atoms with van der Waals surface area (Å²) in [7, 11) is 0. The number of hydrazine groups is 1. The van der Waals surface area contributed by atoms with Crippen LogP contribution in [0, 0.1) is 11.3 Å². The van der Waals surface area contributed by atoms with Gasteiger partial charge in [0.05, 0.1) is 17.9 Å². The van der Waals surface area contributed by atoms with Crippen LogP contribution in [0.25, 0.3) is 0 Å². The van der Waals surface area contributed by atoms with Gasteiger partial charge in [0.1, 0.15) is 6.04 Å². The summed E-state index contributed by atoms with van der Waals surface area (Å²) in [6, 6.07) is 0.794. The maximum atomic E-state index is 13.0. The second-order valence-electron chi connectivity index (χ2n) is 10.3. The van der Waals surface area contributed by atoms with E-state index in [0.717, 1.165) is 57.7 Å². The highest BCUT2D eigenvalue weighted by Gasteiger charge is 2.44. The van der Waals surface area contributed by atoms with Gasteiger partial charge in [-0.05, 0) is 44.1 Å². The van der Waals surface area contributed by atoms with Crippen molar-refractivity contribution in [3.8, 4) is 0 Å². The van der Waals surface area contributed by atoms with E-state index in [2.05, 4.69) is 51.0 Å². The number of aromatic nitrogens is 3. The van der Waals surface area contributed by atoms with Crippen LogP contribution in [0.4, 0.5) is 0 Å². The first kappa shape index (κ1) is 19.5. The molecule has 8 nitrogen and oxygen atoms in total. The fourth-order valence-electron chi connectivity index (χ4n) is 5.82. The van der Waals surface area contributed by atoms with E-state index >= 15 is 0 Å². The minimum absolute atomic E-state index is 0.0401. The van der Waals surface area contributed by atoms with Crippen LogP contribution in [-0.2, 0) is 11.3 Å². The molecule has 0 radical (unpaired) electrons. The second-order valence-corrected chi connectivity index (χ2v) is 10.3. The number of piperidine rings is 1. The van der Waals surface area contributed by atoms with Gasteiger partial charge in [-0.2, -0.15) is 0 Å². The Labute approximate surface area is 173 Å². The summed E-state index contributed by atoms with van der Waals surface area (Å²) in [5, 5.41) is 8.85. The lowest BCUT2D eigenvalue weighted by molar-refractivity contribution is -0.135. The highest BCUT2D eigenvalue weighted by atomic mass is 16.2. The van der Waals surface area contributed by atoms with Crippen molar-refractivity contribution < 1.29 is 4.79 Å². The van der Waals surface area contributed by atoms with Crippen molar-refractivity contribution in [2.24, 2.45) is 11.3 Å². The van der Waals surface area contributed by atoms with Crippen molar-refractivity contribution in [2.45, 2.75) is 77.0 Å². The van der Waals surface area contributed by atoms with Crippen LogP contribution < -0.4 is 10.9 Å². The molecule has 1 saturated carbocycles. The lowest BCUT2D eigenvalue weighted by Gasteiger charge is -2.34. The van der Waals surface area contributed by atoms with E-state index in [1.165, 1.54) is 19.3 Å². The van der Waals surface area contributed by atoms with Gasteiger partial charge in [0.25, 0.3) is 0 Å². The molecule has 0 bridgehead atoms. The predicted octanol–water partition coefficient (Wildman–Crippen LogP) is 1.32. The molecule has 1 amide bonds. The first-order valence-corrected chi connectivity index (χ1v) is 11.4. The lowest BCUT2D eigenvalue weighted by atomic mass is 9.93. The molecule has 3 unspecified atom stereocenters. The molecule has 2 N–H and O–H groups in total. The number of nitrogens with one attached hydrogen (secondary N) is 2.